The molecule has 176 valence electrons. The SMILES string of the molecule is CCOc1cc2c(cc1OCC)C1C(C(=O)NCc3cccs3)c3ccccc3C(=O)N1CC2. The average Bonchev–Trinajstić information content (AvgIpc) is 3.37. The number of thiophene rings is 1. The molecular weight excluding hydrogens is 448 g/mol. The second kappa shape index (κ2) is 9.50. The van der Waals surface area contributed by atoms with Crippen LogP contribution in [0.25, 0.3) is 0 Å². The van der Waals surface area contributed by atoms with E-state index in [4.69, 9.17) is 9.47 Å². The Hall–Kier alpha value is -3.32. The number of carbonyl (C=O) groups excluding carboxylic acids is 2. The highest BCUT2D eigenvalue weighted by molar-refractivity contribution is 7.09. The molecule has 6 nitrogen and oxygen atoms in total. The zero-order valence-corrected chi connectivity index (χ0v) is 20.2. The van der Waals surface area contributed by atoms with Gasteiger partial charge in [-0.05, 0) is 66.6 Å². The Morgan fingerprint density at radius 2 is 1.82 bits per heavy atom. The lowest BCUT2D eigenvalue weighted by Crippen LogP contribution is -2.50. The van der Waals surface area contributed by atoms with Gasteiger partial charge in [0.15, 0.2) is 11.5 Å². The molecule has 1 aromatic heterocycles. The van der Waals surface area contributed by atoms with E-state index >= 15 is 0 Å². The summed E-state index contributed by atoms with van der Waals surface area (Å²) in [6, 6.07) is 15.1. The number of nitrogens with one attached hydrogen (secondary N) is 1. The lowest BCUT2D eigenvalue weighted by Gasteiger charge is -2.45. The molecule has 2 atom stereocenters. The first-order valence-corrected chi connectivity index (χ1v) is 12.6. The van der Waals surface area contributed by atoms with Gasteiger partial charge in [-0.2, -0.15) is 0 Å². The molecule has 2 aliphatic rings. The number of hydrogen-bond donors (Lipinski definition) is 1. The van der Waals surface area contributed by atoms with Crippen LogP contribution < -0.4 is 14.8 Å². The van der Waals surface area contributed by atoms with E-state index < -0.39 is 12.0 Å². The van der Waals surface area contributed by atoms with Gasteiger partial charge < -0.3 is 19.7 Å². The molecule has 0 saturated carbocycles. The van der Waals surface area contributed by atoms with Crippen LogP contribution in [0, 0.1) is 0 Å². The van der Waals surface area contributed by atoms with Crippen LogP contribution in [-0.2, 0) is 17.8 Å². The first kappa shape index (κ1) is 22.5. The maximum absolute atomic E-state index is 13.7. The summed E-state index contributed by atoms with van der Waals surface area (Å²) in [6.45, 7) is 5.94. The average molecular weight is 477 g/mol. The normalized spacial score (nSPS) is 18.5. The quantitative estimate of drug-likeness (QED) is 0.537. The summed E-state index contributed by atoms with van der Waals surface area (Å²) < 4.78 is 11.7. The number of hydrogen-bond acceptors (Lipinski definition) is 5. The van der Waals surface area contributed by atoms with Crippen molar-refractivity contribution >= 4 is 23.2 Å². The second-order valence-corrected chi connectivity index (χ2v) is 9.45. The highest BCUT2D eigenvalue weighted by atomic mass is 32.1. The van der Waals surface area contributed by atoms with Crippen LogP contribution in [-0.4, -0.2) is 36.5 Å². The van der Waals surface area contributed by atoms with Gasteiger partial charge in [0.2, 0.25) is 5.91 Å². The molecule has 7 heteroatoms. The summed E-state index contributed by atoms with van der Waals surface area (Å²) >= 11 is 1.61. The van der Waals surface area contributed by atoms with Crippen molar-refractivity contribution in [2.45, 2.75) is 38.8 Å². The van der Waals surface area contributed by atoms with Gasteiger partial charge in [-0.1, -0.05) is 24.3 Å². The van der Waals surface area contributed by atoms with Crippen LogP contribution in [0.4, 0.5) is 0 Å². The molecule has 0 bridgehead atoms. The Bertz CT molecular complexity index is 1210. The molecule has 0 spiro atoms. The second-order valence-electron chi connectivity index (χ2n) is 8.42. The fourth-order valence-electron chi connectivity index (χ4n) is 5.05. The molecule has 3 heterocycles. The van der Waals surface area contributed by atoms with Gasteiger partial charge in [0, 0.05) is 17.0 Å². The number of fused-ring (bicyclic) bond motifs is 4. The standard InChI is InChI=1S/C27H28N2O4S/c1-3-32-22-14-17-11-12-29-25(21(17)15-23(22)33-4-2)24(19-9-5-6-10-20(19)27(29)31)26(30)28-16-18-8-7-13-34-18/h5-10,13-15,24-25H,3-4,11-12,16H2,1-2H3,(H,28,30). The zero-order chi connectivity index (χ0) is 23.7. The number of carbonyl (C=O) groups is 2. The van der Waals surface area contributed by atoms with E-state index in [1.807, 2.05) is 72.7 Å². The van der Waals surface area contributed by atoms with E-state index in [0.29, 0.717) is 49.8 Å². The van der Waals surface area contributed by atoms with Crippen LogP contribution >= 0.6 is 11.3 Å². The van der Waals surface area contributed by atoms with Crippen molar-refractivity contribution in [3.8, 4) is 11.5 Å². The summed E-state index contributed by atoms with van der Waals surface area (Å²) in [5.74, 6) is 0.732. The number of benzene rings is 2. The molecule has 2 unspecified atom stereocenters. The van der Waals surface area contributed by atoms with E-state index in [9.17, 15) is 9.59 Å². The topological polar surface area (TPSA) is 67.9 Å². The first-order chi connectivity index (χ1) is 16.6. The largest absolute Gasteiger partial charge is 0.490 e. The van der Waals surface area contributed by atoms with Crippen molar-refractivity contribution in [1.82, 2.24) is 10.2 Å². The van der Waals surface area contributed by atoms with Crippen LogP contribution in [0.3, 0.4) is 0 Å². The fraction of sp³-hybridized carbons (Fsp3) is 0.333. The summed E-state index contributed by atoms with van der Waals surface area (Å²) in [7, 11) is 0. The Labute approximate surface area is 203 Å². The minimum absolute atomic E-state index is 0.0274. The summed E-state index contributed by atoms with van der Waals surface area (Å²) in [5, 5.41) is 5.12. The van der Waals surface area contributed by atoms with Gasteiger partial charge in [-0.3, -0.25) is 9.59 Å². The lowest BCUT2D eigenvalue weighted by atomic mass is 9.75. The Morgan fingerprint density at radius 1 is 1.06 bits per heavy atom. The number of rotatable bonds is 7. The molecule has 2 amide bonds. The molecule has 3 aromatic rings. The van der Waals surface area contributed by atoms with Crippen molar-refractivity contribution in [3.05, 3.63) is 81.0 Å². The van der Waals surface area contributed by atoms with E-state index in [2.05, 4.69) is 5.32 Å². The molecule has 2 aliphatic heterocycles. The highest BCUT2D eigenvalue weighted by Crippen LogP contribution is 2.48. The minimum Gasteiger partial charge on any atom is -0.490 e. The van der Waals surface area contributed by atoms with Crippen molar-refractivity contribution in [2.75, 3.05) is 19.8 Å². The van der Waals surface area contributed by atoms with Crippen molar-refractivity contribution in [2.24, 2.45) is 0 Å². The Balaban J connectivity index is 1.60. The van der Waals surface area contributed by atoms with E-state index in [1.54, 1.807) is 11.3 Å². The molecular formula is C27H28N2O4S. The third-order valence-electron chi connectivity index (χ3n) is 6.48. The van der Waals surface area contributed by atoms with Crippen molar-refractivity contribution in [3.63, 3.8) is 0 Å². The summed E-state index contributed by atoms with van der Waals surface area (Å²) in [6.07, 6.45) is 0.704. The molecule has 5 rings (SSSR count). The van der Waals surface area contributed by atoms with Gasteiger partial charge in [-0.15, -0.1) is 11.3 Å². The van der Waals surface area contributed by atoms with Crippen molar-refractivity contribution in [1.29, 1.82) is 0 Å². The number of nitrogens with zero attached hydrogens (tertiary/aromatic N) is 1. The van der Waals surface area contributed by atoms with Crippen LogP contribution in [0.2, 0.25) is 0 Å². The Kier molecular flexibility index (Phi) is 6.28. The third kappa shape index (κ3) is 3.94. The molecule has 2 aromatic carbocycles. The van der Waals surface area contributed by atoms with Gasteiger partial charge in [0.05, 0.1) is 31.7 Å². The summed E-state index contributed by atoms with van der Waals surface area (Å²) in [5.41, 5.74) is 3.43. The van der Waals surface area contributed by atoms with Gasteiger partial charge >= 0.3 is 0 Å². The molecule has 0 saturated heterocycles. The highest BCUT2D eigenvalue weighted by Gasteiger charge is 2.46. The van der Waals surface area contributed by atoms with Gasteiger partial charge in [0.25, 0.3) is 5.91 Å². The predicted octanol–water partition coefficient (Wildman–Crippen LogP) is 4.70. The van der Waals surface area contributed by atoms with Gasteiger partial charge in [-0.25, -0.2) is 0 Å². The molecule has 0 fully saturated rings. The maximum atomic E-state index is 13.7. The number of ether oxygens (including phenoxy) is 2. The smallest absolute Gasteiger partial charge is 0.254 e. The molecule has 1 N–H and O–H groups in total. The van der Waals surface area contributed by atoms with E-state index in [-0.39, 0.29) is 11.8 Å². The van der Waals surface area contributed by atoms with Crippen LogP contribution in [0.1, 0.15) is 57.7 Å². The molecule has 0 radical (unpaired) electrons. The summed E-state index contributed by atoms with van der Waals surface area (Å²) in [4.78, 5) is 30.1. The first-order valence-electron chi connectivity index (χ1n) is 11.7. The fourth-order valence-corrected chi connectivity index (χ4v) is 5.70. The maximum Gasteiger partial charge on any atom is 0.254 e. The Morgan fingerprint density at radius 3 is 2.56 bits per heavy atom. The van der Waals surface area contributed by atoms with Gasteiger partial charge in [0.1, 0.15) is 0 Å². The van der Waals surface area contributed by atoms with E-state index in [1.165, 1.54) is 0 Å². The molecule has 0 aliphatic carbocycles. The van der Waals surface area contributed by atoms with Crippen LogP contribution in [0.5, 0.6) is 11.5 Å². The lowest BCUT2D eigenvalue weighted by molar-refractivity contribution is -0.124. The van der Waals surface area contributed by atoms with Crippen molar-refractivity contribution < 1.29 is 19.1 Å². The van der Waals surface area contributed by atoms with Crippen LogP contribution in [0.15, 0.2) is 53.9 Å². The number of amides is 2. The predicted molar refractivity (Wildman–Crippen MR) is 132 cm³/mol. The van der Waals surface area contributed by atoms with E-state index in [0.717, 1.165) is 21.6 Å². The minimum atomic E-state index is -0.514. The molecule has 34 heavy (non-hydrogen) atoms. The third-order valence-corrected chi connectivity index (χ3v) is 7.36. The monoisotopic (exact) mass is 476 g/mol. The zero-order valence-electron chi connectivity index (χ0n) is 19.4.